The Morgan fingerprint density at radius 2 is 1.71 bits per heavy atom. The van der Waals surface area contributed by atoms with Gasteiger partial charge in [0, 0.05) is 31.5 Å². The molecule has 3 heterocycles. The number of ketones is 1. The van der Waals surface area contributed by atoms with Gasteiger partial charge in [0.05, 0.1) is 19.2 Å². The lowest BCUT2D eigenvalue weighted by atomic mass is 9.99. The Balaban J connectivity index is 1.66. The van der Waals surface area contributed by atoms with E-state index in [9.17, 15) is 19.2 Å². The van der Waals surface area contributed by atoms with Gasteiger partial charge in [-0.05, 0) is 86.4 Å². The van der Waals surface area contributed by atoms with Crippen molar-refractivity contribution >= 4 is 30.0 Å². The highest BCUT2D eigenvalue weighted by Gasteiger charge is 2.43. The number of cyclic esters (lactones) is 1. The van der Waals surface area contributed by atoms with E-state index < -0.39 is 53.5 Å². The van der Waals surface area contributed by atoms with Crippen LogP contribution in [0.25, 0.3) is 6.08 Å². The molecular weight excluding hydrogens is 714 g/mol. The fourth-order valence-electron chi connectivity index (χ4n) is 5.63. The maximum Gasteiger partial charge on any atom is 0.420 e. The van der Waals surface area contributed by atoms with E-state index in [0.29, 0.717) is 11.3 Å². The maximum absolute atomic E-state index is 13.8. The molecule has 2 aromatic rings. The summed E-state index contributed by atoms with van der Waals surface area (Å²) in [5.74, 6) is -1.47. The largest absolute Gasteiger partial charge is 0.492 e. The van der Waals surface area contributed by atoms with Gasteiger partial charge in [-0.1, -0.05) is 25.2 Å². The van der Waals surface area contributed by atoms with Crippen LogP contribution in [0.5, 0.6) is 11.5 Å². The Bertz CT molecular complexity index is 1750. The van der Waals surface area contributed by atoms with E-state index >= 15 is 0 Å². The first kappa shape index (κ1) is 43.0. The van der Waals surface area contributed by atoms with Gasteiger partial charge in [0.15, 0.2) is 18.4 Å². The smallest absolute Gasteiger partial charge is 0.420 e. The number of rotatable bonds is 9. The molecule has 0 unspecified atom stereocenters. The quantitative estimate of drug-likeness (QED) is 0.150. The molecule has 1 amide bonds. The molecule has 1 fully saturated rings. The molecule has 1 saturated heterocycles. The van der Waals surface area contributed by atoms with E-state index in [4.69, 9.17) is 37.9 Å². The van der Waals surface area contributed by atoms with Crippen molar-refractivity contribution in [1.29, 1.82) is 0 Å². The number of amides is 1. The highest BCUT2D eigenvalue weighted by atomic mass is 16.8. The number of benzene rings is 1. The van der Waals surface area contributed by atoms with Crippen molar-refractivity contribution < 1.29 is 57.1 Å². The van der Waals surface area contributed by atoms with E-state index in [1.807, 2.05) is 6.92 Å². The average molecular weight is 770 g/mol. The number of methoxy groups -OCH3 is 1. The molecule has 2 aliphatic rings. The zero-order valence-electron chi connectivity index (χ0n) is 33.7. The van der Waals surface area contributed by atoms with Gasteiger partial charge in [-0.3, -0.25) is 9.69 Å². The zero-order valence-corrected chi connectivity index (χ0v) is 33.7. The van der Waals surface area contributed by atoms with Crippen LogP contribution in [-0.4, -0.2) is 101 Å². The zero-order chi connectivity index (χ0) is 40.7. The van der Waals surface area contributed by atoms with Crippen molar-refractivity contribution in [3.8, 4) is 11.5 Å². The Morgan fingerprint density at radius 3 is 2.38 bits per heavy atom. The number of hydrogen-bond donors (Lipinski definition) is 0. The minimum absolute atomic E-state index is 0.0203. The SMILES string of the molecule is COCOc1cc(OCCN(Cc2nccn2C(=O)OC(C)(C)C)C(=O)OC(C)(C)C)cc2c1C(=O)O[C@@H](C)[C@H](C)/C=C\C(=O)[C@H]1OC(C)(C)O[C@H]1C/C=C/2. The van der Waals surface area contributed by atoms with Gasteiger partial charge >= 0.3 is 18.2 Å². The summed E-state index contributed by atoms with van der Waals surface area (Å²) in [6, 6.07) is 3.19. The maximum atomic E-state index is 13.8. The molecule has 0 saturated carbocycles. The number of esters is 1. The van der Waals surface area contributed by atoms with Gasteiger partial charge in [0.1, 0.15) is 52.9 Å². The lowest BCUT2D eigenvalue weighted by Crippen LogP contribution is -2.39. The molecule has 1 aromatic heterocycles. The van der Waals surface area contributed by atoms with Crippen LogP contribution in [0.1, 0.15) is 97.4 Å². The highest BCUT2D eigenvalue weighted by Crippen LogP contribution is 2.34. The molecule has 4 rings (SSSR count). The second kappa shape index (κ2) is 17.8. The number of carbonyl (C=O) groups excluding carboxylic acids is 4. The first-order chi connectivity index (χ1) is 25.7. The Labute approximate surface area is 322 Å². The molecule has 0 N–H and O–H groups in total. The van der Waals surface area contributed by atoms with E-state index in [1.54, 1.807) is 92.7 Å². The molecule has 302 valence electrons. The number of ether oxygens (including phenoxy) is 8. The summed E-state index contributed by atoms with van der Waals surface area (Å²) >= 11 is 0. The number of imidazole rings is 1. The number of aromatic nitrogens is 2. The van der Waals surface area contributed by atoms with Crippen LogP contribution in [0.4, 0.5) is 9.59 Å². The molecule has 0 radical (unpaired) electrons. The molecule has 0 bridgehead atoms. The van der Waals surface area contributed by atoms with Crippen LogP contribution >= 0.6 is 0 Å². The number of nitrogens with zero attached hydrogens (tertiary/aromatic N) is 3. The topological polar surface area (TPSA) is 163 Å². The molecule has 0 spiro atoms. The first-order valence-corrected chi connectivity index (χ1v) is 18.3. The van der Waals surface area contributed by atoms with Crippen molar-refractivity contribution in [2.75, 3.05) is 27.1 Å². The van der Waals surface area contributed by atoms with Gasteiger partial charge in [-0.2, -0.15) is 0 Å². The lowest BCUT2D eigenvalue weighted by Gasteiger charge is -2.27. The van der Waals surface area contributed by atoms with Crippen molar-refractivity contribution in [1.82, 2.24) is 14.5 Å². The van der Waals surface area contributed by atoms with Crippen LogP contribution in [0.2, 0.25) is 0 Å². The van der Waals surface area contributed by atoms with Gasteiger partial charge in [-0.25, -0.2) is 23.9 Å². The number of fused-ring (bicyclic) bond motifs is 2. The second-order valence-electron chi connectivity index (χ2n) is 15.8. The van der Waals surface area contributed by atoms with Gasteiger partial charge in [0.2, 0.25) is 0 Å². The Morgan fingerprint density at radius 1 is 1.00 bits per heavy atom. The molecule has 55 heavy (non-hydrogen) atoms. The van der Waals surface area contributed by atoms with Crippen molar-refractivity contribution in [2.45, 2.75) is 118 Å². The van der Waals surface area contributed by atoms with E-state index in [0.717, 1.165) is 0 Å². The summed E-state index contributed by atoms with van der Waals surface area (Å²) in [6.45, 7) is 17.3. The summed E-state index contributed by atoms with van der Waals surface area (Å²) in [5.41, 5.74) is -1.01. The van der Waals surface area contributed by atoms with Crippen molar-refractivity contribution in [3.63, 3.8) is 0 Å². The molecular formula is C40H55N3O12. The van der Waals surface area contributed by atoms with Crippen LogP contribution in [0.15, 0.2) is 42.8 Å². The van der Waals surface area contributed by atoms with E-state index in [1.165, 1.54) is 35.0 Å². The van der Waals surface area contributed by atoms with E-state index in [2.05, 4.69) is 4.98 Å². The third-order valence-electron chi connectivity index (χ3n) is 8.29. The number of carbonyl (C=O) groups is 4. The third-order valence-corrected chi connectivity index (χ3v) is 8.29. The Kier molecular flexibility index (Phi) is 13.9. The molecule has 15 heteroatoms. The average Bonchev–Trinajstić information content (AvgIpc) is 3.66. The summed E-state index contributed by atoms with van der Waals surface area (Å²) in [4.78, 5) is 59.0. The minimum Gasteiger partial charge on any atom is -0.492 e. The number of hydrogen-bond acceptors (Lipinski definition) is 13. The molecule has 1 aromatic carbocycles. The molecule has 2 aliphatic heterocycles. The van der Waals surface area contributed by atoms with Gasteiger partial charge in [-0.15, -0.1) is 0 Å². The molecule has 4 atom stereocenters. The summed E-state index contributed by atoms with van der Waals surface area (Å²) in [5, 5.41) is 0. The van der Waals surface area contributed by atoms with Crippen LogP contribution in [-0.2, 0) is 39.8 Å². The van der Waals surface area contributed by atoms with E-state index in [-0.39, 0.29) is 61.7 Å². The van der Waals surface area contributed by atoms with Crippen molar-refractivity contribution in [3.05, 3.63) is 59.7 Å². The summed E-state index contributed by atoms with van der Waals surface area (Å²) in [6.07, 6.45) is 6.53. The van der Waals surface area contributed by atoms with Crippen LogP contribution in [0.3, 0.4) is 0 Å². The molecule has 0 aliphatic carbocycles. The van der Waals surface area contributed by atoms with Crippen LogP contribution < -0.4 is 9.47 Å². The van der Waals surface area contributed by atoms with Gasteiger partial charge in [0.25, 0.3) is 0 Å². The third kappa shape index (κ3) is 12.4. The summed E-state index contributed by atoms with van der Waals surface area (Å²) < 4.78 is 47.6. The fraction of sp³-hybridized carbons (Fsp3) is 0.575. The minimum atomic E-state index is -0.971. The van der Waals surface area contributed by atoms with Gasteiger partial charge < -0.3 is 37.9 Å². The van der Waals surface area contributed by atoms with Crippen LogP contribution in [0, 0.1) is 5.92 Å². The predicted molar refractivity (Wildman–Crippen MR) is 201 cm³/mol. The second-order valence-corrected chi connectivity index (χ2v) is 15.8. The molecule has 15 nitrogen and oxygen atoms in total. The Hall–Kier alpha value is -4.73. The fourth-order valence-corrected chi connectivity index (χ4v) is 5.63. The lowest BCUT2D eigenvalue weighted by molar-refractivity contribution is -0.152. The summed E-state index contributed by atoms with van der Waals surface area (Å²) in [7, 11) is 1.45. The monoisotopic (exact) mass is 769 g/mol. The normalized spacial score (nSPS) is 22.7. The highest BCUT2D eigenvalue weighted by molar-refractivity contribution is 5.97. The predicted octanol–water partition coefficient (Wildman–Crippen LogP) is 6.71. The standard InChI is InChI=1S/C40H55N3O12/c1-25-15-16-29(44)34-30(52-40(9,10)53-34)14-12-13-27-21-28(22-31(50-24-48-11)33(27)35(45)51-26(25)2)49-20-19-42(36(46)54-38(3,4)5)23-32-41-17-18-43(32)37(47)55-39(6,7)8/h12-13,15-18,21-22,25-26,30,34H,14,19-20,23-24H2,1-11H3/b13-12+,16-15-/t25-,26+,30+,34-/m1/s1. The van der Waals surface area contributed by atoms with Crippen molar-refractivity contribution in [2.24, 2.45) is 5.92 Å². The first-order valence-electron chi connectivity index (χ1n) is 18.3.